The van der Waals surface area contributed by atoms with Crippen LogP contribution in [0.15, 0.2) is 43.0 Å². The maximum Gasteiger partial charge on any atom is 0.226 e. The second-order valence-corrected chi connectivity index (χ2v) is 9.61. The molecule has 200 valence electrons. The lowest BCUT2D eigenvalue weighted by atomic mass is 10.1. The van der Waals surface area contributed by atoms with Crippen LogP contribution in [0.25, 0.3) is 27.8 Å². The van der Waals surface area contributed by atoms with E-state index in [1.165, 1.54) is 16.7 Å². The van der Waals surface area contributed by atoms with Gasteiger partial charge in [0, 0.05) is 56.2 Å². The van der Waals surface area contributed by atoms with E-state index in [9.17, 15) is 0 Å². The zero-order chi connectivity index (χ0) is 26.6. The Hall–Kier alpha value is -3.79. The number of ether oxygens (including phenoxy) is 1. The first-order valence-corrected chi connectivity index (χ1v) is 13.0. The van der Waals surface area contributed by atoms with Crippen molar-refractivity contribution in [1.82, 2.24) is 24.4 Å². The molecule has 1 aliphatic rings. The van der Waals surface area contributed by atoms with Gasteiger partial charge in [-0.1, -0.05) is 19.8 Å². The molecular formula is C28H33F2N7O. The summed E-state index contributed by atoms with van der Waals surface area (Å²) in [5, 5.41) is 3.12. The van der Waals surface area contributed by atoms with Gasteiger partial charge in [-0.15, -0.1) is 0 Å². The molecule has 0 radical (unpaired) electrons. The average Bonchev–Trinajstić information content (AvgIpc) is 3.31. The molecule has 4 aromatic rings. The molecule has 0 unspecified atom stereocenters. The van der Waals surface area contributed by atoms with Crippen molar-refractivity contribution < 1.29 is 13.5 Å². The number of pyridine rings is 1. The normalized spacial score (nSPS) is 14.3. The first-order chi connectivity index (χ1) is 18.5. The number of aromatic nitrogens is 4. The Morgan fingerprint density at radius 3 is 2.63 bits per heavy atom. The van der Waals surface area contributed by atoms with Gasteiger partial charge in [-0.2, -0.15) is 0 Å². The van der Waals surface area contributed by atoms with Crippen LogP contribution in [0, 0.1) is 11.6 Å². The lowest BCUT2D eigenvalue weighted by Gasteiger charge is -2.32. The number of hydrogen-bond acceptors (Lipinski definition) is 7. The van der Waals surface area contributed by atoms with Crippen LogP contribution >= 0.6 is 0 Å². The average molecular weight is 522 g/mol. The summed E-state index contributed by atoms with van der Waals surface area (Å²) in [6, 6.07) is 4.57. The Labute approximate surface area is 221 Å². The Bertz CT molecular complexity index is 1420. The summed E-state index contributed by atoms with van der Waals surface area (Å²) in [6.45, 7) is 6.13. The summed E-state index contributed by atoms with van der Waals surface area (Å²) in [5.74, 6) is -0.158. The second-order valence-electron chi connectivity index (χ2n) is 9.61. The van der Waals surface area contributed by atoms with Gasteiger partial charge in [0.05, 0.1) is 30.7 Å². The van der Waals surface area contributed by atoms with Crippen molar-refractivity contribution in [2.24, 2.45) is 0 Å². The van der Waals surface area contributed by atoms with Crippen LogP contribution in [0.5, 0.6) is 5.75 Å². The molecule has 0 spiro atoms. The van der Waals surface area contributed by atoms with Crippen LogP contribution in [0.4, 0.5) is 20.4 Å². The molecule has 0 saturated carbocycles. The zero-order valence-corrected chi connectivity index (χ0v) is 22.0. The van der Waals surface area contributed by atoms with Crippen molar-refractivity contribution >= 4 is 22.7 Å². The van der Waals surface area contributed by atoms with Gasteiger partial charge in [0.1, 0.15) is 22.8 Å². The molecular weight excluding hydrogens is 488 g/mol. The van der Waals surface area contributed by atoms with Crippen molar-refractivity contribution in [1.29, 1.82) is 0 Å². The number of nitrogens with one attached hydrogen (secondary N) is 1. The molecule has 0 atom stereocenters. The highest BCUT2D eigenvalue weighted by Gasteiger charge is 2.23. The van der Waals surface area contributed by atoms with Crippen molar-refractivity contribution in [3.05, 3.63) is 54.6 Å². The number of halogens is 2. The van der Waals surface area contributed by atoms with E-state index < -0.39 is 11.6 Å². The first-order valence-electron chi connectivity index (χ1n) is 13.0. The molecule has 0 amide bonds. The standard InChI is InChI=1S/C28H33F2N7O/c1-4-5-6-9-32-23-8-7-22(29)27(25(23)30)37-18-21(19-14-20(38-3)16-31-15-19)26-24(37)17-33-28(34-26)36-12-10-35(2)11-13-36/h7-8,14-18,32H,4-6,9-13H2,1-3H3. The van der Waals surface area contributed by atoms with Crippen LogP contribution in [0.2, 0.25) is 0 Å². The Morgan fingerprint density at radius 1 is 1.05 bits per heavy atom. The number of methoxy groups -OCH3 is 1. The summed E-state index contributed by atoms with van der Waals surface area (Å²) >= 11 is 0. The highest BCUT2D eigenvalue weighted by molar-refractivity contribution is 5.94. The van der Waals surface area contributed by atoms with Crippen molar-refractivity contribution in [2.75, 3.05) is 57.1 Å². The fourth-order valence-corrected chi connectivity index (χ4v) is 4.73. The minimum atomic E-state index is -0.669. The number of fused-ring (bicyclic) bond motifs is 1. The molecule has 0 aliphatic carbocycles. The third-order valence-corrected chi connectivity index (χ3v) is 6.98. The van der Waals surface area contributed by atoms with E-state index in [1.807, 2.05) is 6.07 Å². The molecule has 3 aromatic heterocycles. The van der Waals surface area contributed by atoms with E-state index in [0.717, 1.165) is 51.0 Å². The second kappa shape index (κ2) is 11.3. The van der Waals surface area contributed by atoms with Crippen LogP contribution in [-0.4, -0.2) is 71.3 Å². The maximum atomic E-state index is 15.8. The number of likely N-dealkylation sites (N-methyl/N-ethyl adjacent to an activating group) is 1. The van der Waals surface area contributed by atoms with E-state index in [4.69, 9.17) is 9.72 Å². The molecule has 10 heteroatoms. The van der Waals surface area contributed by atoms with Gasteiger partial charge >= 0.3 is 0 Å². The summed E-state index contributed by atoms with van der Waals surface area (Å²) in [7, 11) is 3.66. The number of unbranched alkanes of at least 4 members (excludes halogenated alkanes) is 2. The van der Waals surface area contributed by atoms with Gasteiger partial charge in [0.25, 0.3) is 0 Å². The fourth-order valence-electron chi connectivity index (χ4n) is 4.73. The number of nitrogens with zero attached hydrogens (tertiary/aromatic N) is 6. The van der Waals surface area contributed by atoms with Gasteiger partial charge in [-0.3, -0.25) is 4.98 Å². The summed E-state index contributed by atoms with van der Waals surface area (Å²) in [5.41, 5.74) is 2.59. The molecule has 1 aromatic carbocycles. The van der Waals surface area contributed by atoms with Crippen molar-refractivity contribution in [2.45, 2.75) is 26.2 Å². The SMILES string of the molecule is CCCCCNc1ccc(F)c(-n2cc(-c3cncc(OC)c3)c3nc(N4CCN(C)CC4)ncc32)c1F. The van der Waals surface area contributed by atoms with Gasteiger partial charge in [0.2, 0.25) is 5.95 Å². The molecule has 5 rings (SSSR count). The number of rotatable bonds is 9. The minimum absolute atomic E-state index is 0.173. The highest BCUT2D eigenvalue weighted by atomic mass is 19.1. The Balaban J connectivity index is 1.64. The highest BCUT2D eigenvalue weighted by Crippen LogP contribution is 2.35. The number of benzene rings is 1. The molecule has 1 saturated heterocycles. The number of piperazine rings is 1. The molecule has 38 heavy (non-hydrogen) atoms. The van der Waals surface area contributed by atoms with E-state index in [-0.39, 0.29) is 11.4 Å². The van der Waals surface area contributed by atoms with E-state index in [0.29, 0.717) is 34.8 Å². The van der Waals surface area contributed by atoms with Crippen molar-refractivity contribution in [3.8, 4) is 22.6 Å². The van der Waals surface area contributed by atoms with Gasteiger partial charge < -0.3 is 24.4 Å². The van der Waals surface area contributed by atoms with Crippen LogP contribution in [0.1, 0.15) is 26.2 Å². The maximum absolute atomic E-state index is 15.8. The third kappa shape index (κ3) is 5.13. The molecule has 8 nitrogen and oxygen atoms in total. The van der Waals surface area contributed by atoms with Crippen LogP contribution < -0.4 is 15.0 Å². The fraction of sp³-hybridized carbons (Fsp3) is 0.393. The lowest BCUT2D eigenvalue weighted by Crippen LogP contribution is -2.45. The molecule has 4 heterocycles. The van der Waals surface area contributed by atoms with Crippen molar-refractivity contribution in [3.63, 3.8) is 0 Å². The summed E-state index contributed by atoms with van der Waals surface area (Å²) < 4.78 is 37.9. The van der Waals surface area contributed by atoms with E-state index >= 15 is 8.78 Å². The smallest absolute Gasteiger partial charge is 0.226 e. The summed E-state index contributed by atoms with van der Waals surface area (Å²) in [6.07, 6.45) is 9.66. The van der Waals surface area contributed by atoms with Crippen LogP contribution in [0.3, 0.4) is 0 Å². The zero-order valence-electron chi connectivity index (χ0n) is 22.0. The third-order valence-electron chi connectivity index (χ3n) is 6.98. The predicted molar refractivity (Wildman–Crippen MR) is 146 cm³/mol. The van der Waals surface area contributed by atoms with E-state index in [2.05, 4.69) is 39.1 Å². The first kappa shape index (κ1) is 25.8. The Morgan fingerprint density at radius 2 is 1.87 bits per heavy atom. The molecule has 1 aliphatic heterocycles. The Kier molecular flexibility index (Phi) is 7.69. The molecule has 1 fully saturated rings. The summed E-state index contributed by atoms with van der Waals surface area (Å²) in [4.78, 5) is 18.2. The molecule has 1 N–H and O–H groups in total. The largest absolute Gasteiger partial charge is 0.495 e. The van der Waals surface area contributed by atoms with Crippen LogP contribution in [-0.2, 0) is 0 Å². The lowest BCUT2D eigenvalue weighted by molar-refractivity contribution is 0.311. The monoisotopic (exact) mass is 521 g/mol. The predicted octanol–water partition coefficient (Wildman–Crippen LogP) is 5.12. The minimum Gasteiger partial charge on any atom is -0.495 e. The number of hydrogen-bond donors (Lipinski definition) is 1. The van der Waals surface area contributed by atoms with E-state index in [1.54, 1.807) is 31.9 Å². The topological polar surface area (TPSA) is 71.3 Å². The molecule has 0 bridgehead atoms. The number of anilines is 2. The van der Waals surface area contributed by atoms with Gasteiger partial charge in [0.15, 0.2) is 5.82 Å². The van der Waals surface area contributed by atoms with Gasteiger partial charge in [-0.25, -0.2) is 18.7 Å². The van der Waals surface area contributed by atoms with Gasteiger partial charge in [-0.05, 0) is 31.7 Å². The quantitative estimate of drug-likeness (QED) is 0.307.